The van der Waals surface area contributed by atoms with Gasteiger partial charge in [-0.3, -0.25) is 0 Å². The molecule has 4 aromatic carbocycles. The first-order valence-corrected chi connectivity index (χ1v) is 16.1. The zero-order valence-electron chi connectivity index (χ0n) is 19.7. The molecule has 2 bridgehead atoms. The zero-order valence-corrected chi connectivity index (χ0v) is 21.5. The third-order valence-corrected chi connectivity index (χ3v) is 15.9. The van der Waals surface area contributed by atoms with Crippen molar-refractivity contribution in [3.8, 4) is 0 Å². The van der Waals surface area contributed by atoms with Crippen LogP contribution in [-0.4, -0.2) is 11.3 Å². The molecule has 2 saturated carbocycles. The smallest absolute Gasteiger partial charge is 0.147 e. The van der Waals surface area contributed by atoms with E-state index in [4.69, 9.17) is 0 Å². The lowest BCUT2D eigenvalue weighted by Crippen LogP contribution is -2.42. The molecule has 0 heterocycles. The molecule has 6 rings (SSSR count). The minimum absolute atomic E-state index is 0.141. The van der Waals surface area contributed by atoms with Crippen LogP contribution in [0.1, 0.15) is 19.3 Å². The Bertz CT molecular complexity index is 1190. The van der Waals surface area contributed by atoms with Gasteiger partial charge < -0.3 is 9.13 Å². The summed E-state index contributed by atoms with van der Waals surface area (Å²) in [6.45, 7) is 0. The Hall–Kier alpha value is -2.66. The molecule has 2 aliphatic rings. The Balaban J connectivity index is 1.62. The maximum atomic E-state index is 15.6. The summed E-state index contributed by atoms with van der Waals surface area (Å²) in [5.74, 6) is 0.633. The monoisotopic (exact) mass is 496 g/mol. The van der Waals surface area contributed by atoms with Crippen LogP contribution in [0, 0.1) is 11.8 Å². The molecule has 4 aromatic rings. The van der Waals surface area contributed by atoms with Crippen molar-refractivity contribution in [3.05, 3.63) is 121 Å². The highest BCUT2D eigenvalue weighted by Gasteiger charge is 2.61. The lowest BCUT2D eigenvalue weighted by Gasteiger charge is -2.41. The second kappa shape index (κ2) is 9.09. The van der Waals surface area contributed by atoms with E-state index in [1.54, 1.807) is 0 Å². The average Bonchev–Trinajstić information content (AvgIpc) is 3.57. The fraction of sp³-hybridized carbons (Fsp3) is 0.226. The van der Waals surface area contributed by atoms with Gasteiger partial charge in [-0.25, -0.2) is 0 Å². The predicted molar refractivity (Wildman–Crippen MR) is 148 cm³/mol. The summed E-state index contributed by atoms with van der Waals surface area (Å²) in [6.07, 6.45) is 3.15. The van der Waals surface area contributed by atoms with E-state index in [0.29, 0.717) is 11.8 Å². The Labute approximate surface area is 208 Å². The Kier molecular flexibility index (Phi) is 5.92. The summed E-state index contributed by atoms with van der Waals surface area (Å²) >= 11 is 0. The Morgan fingerprint density at radius 2 is 0.686 bits per heavy atom. The van der Waals surface area contributed by atoms with Crippen LogP contribution in [0.5, 0.6) is 0 Å². The Morgan fingerprint density at radius 3 is 0.943 bits per heavy atom. The highest BCUT2D eigenvalue weighted by atomic mass is 31.2. The van der Waals surface area contributed by atoms with E-state index in [2.05, 4.69) is 0 Å². The molecule has 176 valence electrons. The number of hydrogen-bond donors (Lipinski definition) is 0. The minimum Gasteiger partial charge on any atom is -0.313 e. The van der Waals surface area contributed by atoms with Crippen LogP contribution in [0.4, 0.5) is 0 Å². The van der Waals surface area contributed by atoms with E-state index in [1.165, 1.54) is 0 Å². The van der Waals surface area contributed by atoms with Crippen molar-refractivity contribution in [1.29, 1.82) is 0 Å². The molecule has 0 unspecified atom stereocenters. The molecule has 4 atom stereocenters. The molecule has 2 nitrogen and oxygen atoms in total. The zero-order chi connectivity index (χ0) is 23.9. The van der Waals surface area contributed by atoms with Crippen LogP contribution in [-0.2, 0) is 9.13 Å². The molecule has 0 N–H and O–H groups in total. The second-order valence-electron chi connectivity index (χ2n) is 9.97. The highest BCUT2D eigenvalue weighted by molar-refractivity contribution is 7.83. The maximum absolute atomic E-state index is 15.6. The molecule has 2 aliphatic carbocycles. The quantitative estimate of drug-likeness (QED) is 0.299. The van der Waals surface area contributed by atoms with Crippen LogP contribution in [0.2, 0.25) is 0 Å². The van der Waals surface area contributed by atoms with Crippen molar-refractivity contribution < 1.29 is 9.13 Å². The van der Waals surface area contributed by atoms with Crippen LogP contribution in [0.3, 0.4) is 0 Å². The molecule has 0 aliphatic heterocycles. The first kappa shape index (κ1) is 22.8. The van der Waals surface area contributed by atoms with Gasteiger partial charge >= 0.3 is 0 Å². The number of fused-ring (bicyclic) bond motifs is 2. The molecule has 0 saturated heterocycles. The highest BCUT2D eigenvalue weighted by Crippen LogP contribution is 2.71. The molecule has 0 aromatic heterocycles. The van der Waals surface area contributed by atoms with Crippen molar-refractivity contribution in [3.63, 3.8) is 0 Å². The Morgan fingerprint density at radius 1 is 0.429 bits per heavy atom. The van der Waals surface area contributed by atoms with Gasteiger partial charge in [0.25, 0.3) is 0 Å². The van der Waals surface area contributed by atoms with Crippen molar-refractivity contribution in [2.45, 2.75) is 30.6 Å². The van der Waals surface area contributed by atoms with Gasteiger partial charge in [-0.1, -0.05) is 121 Å². The van der Waals surface area contributed by atoms with Gasteiger partial charge in [0, 0.05) is 32.5 Å². The lowest BCUT2D eigenvalue weighted by molar-refractivity contribution is 0.463. The molecular formula is C31H30O2P2. The molecule has 0 spiro atoms. The summed E-state index contributed by atoms with van der Waals surface area (Å²) < 4.78 is 31.2. The van der Waals surface area contributed by atoms with Crippen LogP contribution < -0.4 is 21.2 Å². The van der Waals surface area contributed by atoms with E-state index >= 15 is 9.13 Å². The standard InChI is InChI=1S/C31H30O2P2/c32-34(26-13-5-1-6-14-26,27-15-7-2-8-16-27)30-24-21-22-25(23-24)31(30)35(33,28-17-9-3-10-18-28)29-19-11-4-12-20-29/h1-20,24-25,30-31H,21-23H2/t24-,25-,30-,31+/m0/s1. The van der Waals surface area contributed by atoms with Gasteiger partial charge in [-0.05, 0) is 31.1 Å². The summed E-state index contributed by atoms with van der Waals surface area (Å²) in [6, 6.07) is 40.0. The molecule has 0 radical (unpaired) electrons. The van der Waals surface area contributed by atoms with Gasteiger partial charge in [-0.2, -0.15) is 0 Å². The largest absolute Gasteiger partial charge is 0.313 e. The third-order valence-electron chi connectivity index (χ3n) is 8.23. The summed E-state index contributed by atoms with van der Waals surface area (Å²) in [5, 5.41) is 3.56. The molecule has 0 amide bonds. The van der Waals surface area contributed by atoms with E-state index in [-0.39, 0.29) is 11.3 Å². The van der Waals surface area contributed by atoms with Crippen molar-refractivity contribution >= 4 is 35.5 Å². The van der Waals surface area contributed by atoms with Crippen molar-refractivity contribution in [2.75, 3.05) is 0 Å². The topological polar surface area (TPSA) is 34.1 Å². The number of rotatable bonds is 6. The van der Waals surface area contributed by atoms with E-state index in [0.717, 1.165) is 40.5 Å². The van der Waals surface area contributed by atoms with Crippen molar-refractivity contribution in [1.82, 2.24) is 0 Å². The van der Waals surface area contributed by atoms with Gasteiger partial charge in [0.1, 0.15) is 14.3 Å². The second-order valence-corrected chi connectivity index (χ2v) is 15.9. The maximum Gasteiger partial charge on any atom is 0.147 e. The molecule has 2 fully saturated rings. The van der Waals surface area contributed by atoms with Gasteiger partial charge in [-0.15, -0.1) is 0 Å². The van der Waals surface area contributed by atoms with Gasteiger partial charge in [0.15, 0.2) is 0 Å². The summed E-state index contributed by atoms with van der Waals surface area (Å²) in [5.41, 5.74) is -0.283. The molecular weight excluding hydrogens is 466 g/mol. The van der Waals surface area contributed by atoms with Crippen molar-refractivity contribution in [2.24, 2.45) is 11.8 Å². The van der Waals surface area contributed by atoms with E-state index in [1.807, 2.05) is 121 Å². The number of hydrogen-bond acceptors (Lipinski definition) is 2. The predicted octanol–water partition coefficient (Wildman–Crippen LogP) is 6.18. The average molecular weight is 497 g/mol. The van der Waals surface area contributed by atoms with Crippen LogP contribution in [0.25, 0.3) is 0 Å². The summed E-state index contributed by atoms with van der Waals surface area (Å²) in [7, 11) is -6.16. The first-order valence-electron chi connectivity index (χ1n) is 12.6. The van der Waals surface area contributed by atoms with Crippen LogP contribution in [0.15, 0.2) is 121 Å². The lowest BCUT2D eigenvalue weighted by atomic mass is 9.99. The first-order chi connectivity index (χ1) is 17.1. The summed E-state index contributed by atoms with van der Waals surface area (Å²) in [4.78, 5) is 0. The van der Waals surface area contributed by atoms with Gasteiger partial charge in [0.2, 0.25) is 0 Å². The van der Waals surface area contributed by atoms with Gasteiger partial charge in [0.05, 0.1) is 0 Å². The third kappa shape index (κ3) is 3.62. The fourth-order valence-corrected chi connectivity index (χ4v) is 15.5. The van der Waals surface area contributed by atoms with E-state index in [9.17, 15) is 0 Å². The molecule has 4 heteroatoms. The SMILES string of the molecule is O=P(c1ccccc1)(c1ccccc1)[C@@H]1[C@H]2CC[C@@H](C2)[C@@H]1P(=O)(c1ccccc1)c1ccccc1. The fourth-order valence-electron chi connectivity index (χ4n) is 6.84. The number of benzene rings is 4. The molecule has 35 heavy (non-hydrogen) atoms. The van der Waals surface area contributed by atoms with Crippen LogP contribution >= 0.6 is 14.3 Å². The van der Waals surface area contributed by atoms with E-state index < -0.39 is 14.3 Å². The normalized spacial score (nSPS) is 23.9. The minimum atomic E-state index is -3.08.